The Kier molecular flexibility index (Phi) is 3.80. The Hall–Kier alpha value is -2.46. The summed E-state index contributed by atoms with van der Waals surface area (Å²) in [6.45, 7) is 4.75. The zero-order valence-electron chi connectivity index (χ0n) is 14.1. The highest BCUT2D eigenvalue weighted by atomic mass is 16.5. The summed E-state index contributed by atoms with van der Waals surface area (Å²) in [6, 6.07) is 1.97. The van der Waals surface area contributed by atoms with Crippen molar-refractivity contribution in [2.24, 2.45) is 12.5 Å². The second-order valence-corrected chi connectivity index (χ2v) is 7.12. The van der Waals surface area contributed by atoms with Gasteiger partial charge in [-0.1, -0.05) is 13.8 Å². The largest absolute Gasteiger partial charge is 0.367 e. The van der Waals surface area contributed by atoms with Crippen LogP contribution in [0, 0.1) is 16.7 Å². The summed E-state index contributed by atoms with van der Waals surface area (Å²) in [4.78, 5) is 30.8. The van der Waals surface area contributed by atoms with Gasteiger partial charge >= 0.3 is 0 Å². The van der Waals surface area contributed by atoms with Crippen LogP contribution in [0.3, 0.4) is 0 Å². The molecule has 0 bridgehead atoms. The molecule has 1 unspecified atom stereocenters. The first-order valence-electron chi connectivity index (χ1n) is 7.85. The number of ketones is 1. The normalized spacial score (nSPS) is 26.2. The van der Waals surface area contributed by atoms with Gasteiger partial charge in [-0.25, -0.2) is 4.98 Å². The van der Waals surface area contributed by atoms with Gasteiger partial charge in [0.15, 0.2) is 5.78 Å². The highest BCUT2D eigenvalue weighted by Gasteiger charge is 2.48. The molecule has 0 aromatic carbocycles. The number of hydrogen-bond donors (Lipinski definition) is 0. The van der Waals surface area contributed by atoms with E-state index < -0.39 is 11.0 Å². The van der Waals surface area contributed by atoms with Crippen LogP contribution in [0.2, 0.25) is 0 Å². The lowest BCUT2D eigenvalue weighted by molar-refractivity contribution is -0.134. The minimum absolute atomic E-state index is 0.110. The Balaban J connectivity index is 1.90. The molecule has 1 amide bonds. The van der Waals surface area contributed by atoms with Gasteiger partial charge in [0.2, 0.25) is 0 Å². The fraction of sp³-hybridized carbons (Fsp3) is 0.529. The van der Waals surface area contributed by atoms with Crippen LogP contribution < -0.4 is 0 Å². The number of amides is 1. The van der Waals surface area contributed by atoms with Crippen LogP contribution in [0.4, 0.5) is 0 Å². The first-order chi connectivity index (χ1) is 11.3. The topological polar surface area (TPSA) is 88.2 Å². The van der Waals surface area contributed by atoms with Crippen molar-refractivity contribution in [3.63, 3.8) is 0 Å². The van der Waals surface area contributed by atoms with Crippen molar-refractivity contribution in [2.45, 2.75) is 25.9 Å². The molecule has 1 aromatic rings. The van der Waals surface area contributed by atoms with Crippen molar-refractivity contribution >= 4 is 11.7 Å². The van der Waals surface area contributed by atoms with E-state index in [1.54, 1.807) is 28.1 Å². The smallest absolute Gasteiger partial charge is 0.274 e. The Morgan fingerprint density at radius 1 is 1.46 bits per heavy atom. The highest BCUT2D eigenvalue weighted by molar-refractivity contribution is 6.04. The van der Waals surface area contributed by atoms with Gasteiger partial charge in [-0.05, 0) is 12.5 Å². The molecule has 1 aromatic heterocycles. The fourth-order valence-corrected chi connectivity index (χ4v) is 3.52. The molecule has 2 heterocycles. The molecular formula is C17H20N4O3. The lowest BCUT2D eigenvalue weighted by atomic mass is 9.69. The molecule has 0 radical (unpaired) electrons. The molecular weight excluding hydrogens is 308 g/mol. The zero-order valence-corrected chi connectivity index (χ0v) is 14.1. The molecule has 0 N–H and O–H groups in total. The van der Waals surface area contributed by atoms with E-state index >= 15 is 0 Å². The Morgan fingerprint density at radius 2 is 2.21 bits per heavy atom. The van der Waals surface area contributed by atoms with Gasteiger partial charge in [-0.15, -0.1) is 0 Å². The average Bonchev–Trinajstić information content (AvgIpc) is 2.96. The molecule has 1 aliphatic heterocycles. The number of rotatable bonds is 1. The Morgan fingerprint density at radius 3 is 2.83 bits per heavy atom. The van der Waals surface area contributed by atoms with E-state index in [9.17, 15) is 14.9 Å². The van der Waals surface area contributed by atoms with Crippen LogP contribution in [0.25, 0.3) is 0 Å². The lowest BCUT2D eigenvalue weighted by Gasteiger charge is -2.46. The summed E-state index contributed by atoms with van der Waals surface area (Å²) in [7, 11) is 1.81. The van der Waals surface area contributed by atoms with Gasteiger partial charge in [0.05, 0.1) is 25.1 Å². The predicted octanol–water partition coefficient (Wildman–Crippen LogP) is 1.08. The number of morpholine rings is 1. The molecule has 7 heteroatoms. The maximum absolute atomic E-state index is 12.7. The zero-order chi connectivity index (χ0) is 17.5. The third-order valence-electron chi connectivity index (χ3n) is 4.55. The van der Waals surface area contributed by atoms with Crippen molar-refractivity contribution in [2.75, 3.05) is 19.7 Å². The molecule has 0 saturated carbocycles. The van der Waals surface area contributed by atoms with E-state index in [0.29, 0.717) is 31.8 Å². The second kappa shape index (κ2) is 5.56. The van der Waals surface area contributed by atoms with Gasteiger partial charge < -0.3 is 14.2 Å². The summed E-state index contributed by atoms with van der Waals surface area (Å²) >= 11 is 0. The molecule has 1 fully saturated rings. The van der Waals surface area contributed by atoms with Gasteiger partial charge in [-0.3, -0.25) is 9.59 Å². The number of carbonyl (C=O) groups is 2. The summed E-state index contributed by atoms with van der Waals surface area (Å²) in [5, 5.41) is 9.28. The molecule has 1 aliphatic carbocycles. The summed E-state index contributed by atoms with van der Waals surface area (Å²) in [6.07, 6.45) is 5.29. The highest BCUT2D eigenvalue weighted by Crippen LogP contribution is 2.41. The van der Waals surface area contributed by atoms with Crippen LogP contribution in [0.1, 0.15) is 30.8 Å². The monoisotopic (exact) mass is 328 g/mol. The number of Topliss-reactive ketones (excluding diaryl/α,β-unsaturated/α-hetero) is 1. The minimum Gasteiger partial charge on any atom is -0.367 e. The summed E-state index contributed by atoms with van der Waals surface area (Å²) in [5.74, 6) is -0.340. The summed E-state index contributed by atoms with van der Waals surface area (Å²) < 4.78 is 7.67. The maximum atomic E-state index is 12.7. The number of nitriles is 1. The molecule has 1 atom stereocenters. The van der Waals surface area contributed by atoms with Crippen molar-refractivity contribution in [3.05, 3.63) is 29.9 Å². The Labute approximate surface area is 140 Å². The van der Waals surface area contributed by atoms with E-state index in [4.69, 9.17) is 4.74 Å². The first kappa shape index (κ1) is 16.4. The maximum Gasteiger partial charge on any atom is 0.274 e. The van der Waals surface area contributed by atoms with Crippen molar-refractivity contribution < 1.29 is 14.3 Å². The van der Waals surface area contributed by atoms with Crippen LogP contribution >= 0.6 is 0 Å². The number of aryl methyl sites for hydroxylation is 1. The third kappa shape index (κ3) is 2.74. The van der Waals surface area contributed by atoms with Crippen LogP contribution in [0.5, 0.6) is 0 Å². The molecule has 126 valence electrons. The third-order valence-corrected chi connectivity index (χ3v) is 4.55. The van der Waals surface area contributed by atoms with Gasteiger partial charge in [0.1, 0.15) is 17.4 Å². The Bertz CT molecular complexity index is 771. The lowest BCUT2D eigenvalue weighted by Crippen LogP contribution is -2.57. The van der Waals surface area contributed by atoms with E-state index in [1.165, 1.54) is 0 Å². The van der Waals surface area contributed by atoms with Crippen molar-refractivity contribution in [3.8, 4) is 6.07 Å². The van der Waals surface area contributed by atoms with Crippen LogP contribution in [0.15, 0.2) is 24.2 Å². The fourth-order valence-electron chi connectivity index (χ4n) is 3.52. The van der Waals surface area contributed by atoms with E-state index in [0.717, 1.165) is 0 Å². The van der Waals surface area contributed by atoms with E-state index in [1.807, 2.05) is 27.0 Å². The van der Waals surface area contributed by atoms with Crippen molar-refractivity contribution in [1.29, 1.82) is 5.26 Å². The first-order valence-corrected chi connectivity index (χ1v) is 7.85. The predicted molar refractivity (Wildman–Crippen MR) is 84.9 cm³/mol. The number of imidazole rings is 1. The SMILES string of the molecule is Cn1cnc(C(=O)N2CCOC3(C=C(C#N)C(=O)C(C)(C)C3)C2)c1. The number of ether oxygens (including phenoxy) is 1. The number of aromatic nitrogens is 2. The number of hydrogen-bond acceptors (Lipinski definition) is 5. The standard InChI is InChI=1S/C17H20N4O3/c1-16(2)9-17(6-12(7-18)14(16)22)10-21(4-5-24-17)15(23)13-8-20(3)11-19-13/h6,8,11H,4-5,9-10H2,1-3H3. The van der Waals surface area contributed by atoms with Gasteiger partial charge in [0, 0.05) is 25.2 Å². The minimum atomic E-state index is -0.800. The molecule has 1 saturated heterocycles. The van der Waals surface area contributed by atoms with E-state index in [-0.39, 0.29) is 17.3 Å². The summed E-state index contributed by atoms with van der Waals surface area (Å²) in [5.41, 5.74) is -1.01. The molecule has 2 aliphatic rings. The van der Waals surface area contributed by atoms with Gasteiger partial charge in [-0.2, -0.15) is 5.26 Å². The molecule has 3 rings (SSSR count). The molecule has 7 nitrogen and oxygen atoms in total. The number of allylic oxidation sites excluding steroid dienone is 1. The average molecular weight is 328 g/mol. The number of carbonyl (C=O) groups excluding carboxylic acids is 2. The quantitative estimate of drug-likeness (QED) is 0.770. The van der Waals surface area contributed by atoms with Gasteiger partial charge in [0.25, 0.3) is 5.91 Å². The molecule has 1 spiro atoms. The molecule has 24 heavy (non-hydrogen) atoms. The van der Waals surface area contributed by atoms with Crippen LogP contribution in [-0.2, 0) is 16.6 Å². The number of nitrogens with zero attached hydrogens (tertiary/aromatic N) is 4. The van der Waals surface area contributed by atoms with Crippen LogP contribution in [-0.4, -0.2) is 51.4 Å². The van der Waals surface area contributed by atoms with Crippen molar-refractivity contribution in [1.82, 2.24) is 14.5 Å². The second-order valence-electron chi connectivity index (χ2n) is 7.12. The van der Waals surface area contributed by atoms with E-state index in [2.05, 4.69) is 4.98 Å².